The molecular formula is C24H25F6N3O. The number of anilines is 1. The van der Waals surface area contributed by atoms with Gasteiger partial charge in [0.15, 0.2) is 5.75 Å². The molecule has 0 amide bonds. The van der Waals surface area contributed by atoms with E-state index in [-0.39, 0.29) is 17.9 Å². The molecule has 0 fully saturated rings. The first-order valence-electron chi connectivity index (χ1n) is 10.8. The number of aryl methyl sites for hydroxylation is 1. The van der Waals surface area contributed by atoms with Gasteiger partial charge in [-0.1, -0.05) is 37.3 Å². The molecule has 1 aromatic heterocycles. The Morgan fingerprint density at radius 2 is 1.94 bits per heavy atom. The summed E-state index contributed by atoms with van der Waals surface area (Å²) in [5.74, 6) is -0.360. The van der Waals surface area contributed by atoms with Gasteiger partial charge in [-0.2, -0.15) is 18.3 Å². The Labute approximate surface area is 193 Å². The van der Waals surface area contributed by atoms with Gasteiger partial charge in [-0.15, -0.1) is 13.2 Å². The van der Waals surface area contributed by atoms with Crippen molar-refractivity contribution in [2.75, 3.05) is 5.32 Å². The summed E-state index contributed by atoms with van der Waals surface area (Å²) >= 11 is 0. The van der Waals surface area contributed by atoms with Crippen LogP contribution in [0.3, 0.4) is 0 Å². The molecule has 1 N–H and O–H groups in total. The van der Waals surface area contributed by atoms with Crippen LogP contribution in [0.5, 0.6) is 5.75 Å². The minimum Gasteiger partial charge on any atom is -0.404 e. The number of aromatic nitrogens is 2. The molecule has 1 unspecified atom stereocenters. The van der Waals surface area contributed by atoms with E-state index in [4.69, 9.17) is 0 Å². The smallest absolute Gasteiger partial charge is 0.404 e. The van der Waals surface area contributed by atoms with Crippen molar-refractivity contribution in [3.05, 3.63) is 71.6 Å². The van der Waals surface area contributed by atoms with E-state index in [1.807, 2.05) is 0 Å². The van der Waals surface area contributed by atoms with E-state index in [0.29, 0.717) is 36.3 Å². The third kappa shape index (κ3) is 6.45. The fourth-order valence-electron chi connectivity index (χ4n) is 3.79. The fraction of sp³-hybridized carbons (Fsp3) is 0.375. The van der Waals surface area contributed by atoms with E-state index in [1.54, 1.807) is 42.8 Å². The number of hydrogen-bond acceptors (Lipinski definition) is 3. The summed E-state index contributed by atoms with van der Waals surface area (Å²) < 4.78 is 84.5. The lowest BCUT2D eigenvalue weighted by atomic mass is 10.0. The maximum atomic E-state index is 13.4. The number of nitrogens with zero attached hydrogens (tertiary/aromatic N) is 2. The van der Waals surface area contributed by atoms with Crippen molar-refractivity contribution in [1.82, 2.24) is 9.78 Å². The molecule has 1 aliphatic heterocycles. The van der Waals surface area contributed by atoms with E-state index in [0.717, 1.165) is 12.2 Å². The second-order valence-corrected chi connectivity index (χ2v) is 7.73. The molecular weight excluding hydrogens is 460 g/mol. The number of alkyl halides is 6. The van der Waals surface area contributed by atoms with Crippen molar-refractivity contribution in [3.8, 4) is 5.75 Å². The van der Waals surface area contributed by atoms with Crippen molar-refractivity contribution in [2.24, 2.45) is 0 Å². The molecule has 0 saturated heterocycles. The van der Waals surface area contributed by atoms with E-state index in [9.17, 15) is 26.3 Å². The standard InChI is InChI=1S/C24H25F6N3O/c1-3-8-16(14-17(9-4-2)23(25,26)27)20-15-21-18(11-7-13-33(21)32-20)31-19-10-5-6-12-22(19)34-24(28,29)30/h3,5-6,8-10,12,14-15,18,31H,4,7,11,13H2,1-2H3/b8-3-,16-14+,17-9-. The Kier molecular flexibility index (Phi) is 7.78. The highest BCUT2D eigenvalue weighted by Crippen LogP contribution is 2.37. The maximum absolute atomic E-state index is 13.4. The van der Waals surface area contributed by atoms with Crippen LogP contribution in [0.4, 0.5) is 32.0 Å². The molecule has 1 atom stereocenters. The molecule has 4 nitrogen and oxygen atoms in total. The van der Waals surface area contributed by atoms with Gasteiger partial charge in [-0.3, -0.25) is 4.68 Å². The summed E-state index contributed by atoms with van der Waals surface area (Å²) in [7, 11) is 0. The van der Waals surface area contributed by atoms with Crippen LogP contribution in [0.25, 0.3) is 5.57 Å². The van der Waals surface area contributed by atoms with Crippen molar-refractivity contribution in [1.29, 1.82) is 0 Å². The lowest BCUT2D eigenvalue weighted by molar-refractivity contribution is -0.274. The lowest BCUT2D eigenvalue weighted by Gasteiger charge is -2.26. The third-order valence-electron chi connectivity index (χ3n) is 5.18. The molecule has 1 aliphatic rings. The summed E-state index contributed by atoms with van der Waals surface area (Å²) in [4.78, 5) is 0. The van der Waals surface area contributed by atoms with E-state index >= 15 is 0 Å². The van der Waals surface area contributed by atoms with E-state index in [2.05, 4.69) is 15.2 Å². The Morgan fingerprint density at radius 3 is 2.59 bits per heavy atom. The molecule has 0 saturated carbocycles. The summed E-state index contributed by atoms with van der Waals surface area (Å²) in [5, 5.41) is 7.57. The molecule has 34 heavy (non-hydrogen) atoms. The normalized spacial score (nSPS) is 17.7. The molecule has 2 heterocycles. The van der Waals surface area contributed by atoms with E-state index < -0.39 is 24.2 Å². The SMILES string of the molecule is C\C=C/C(=C\C(=C\CC)C(F)(F)F)c1cc2n(n1)CCCC2Nc1ccccc1OC(F)(F)F. The molecule has 0 bridgehead atoms. The minimum absolute atomic E-state index is 0.162. The molecule has 0 spiro atoms. The van der Waals surface area contributed by atoms with Gasteiger partial charge >= 0.3 is 12.5 Å². The molecule has 3 rings (SSSR count). The zero-order valence-corrected chi connectivity index (χ0v) is 18.7. The maximum Gasteiger partial charge on any atom is 0.573 e. The first-order chi connectivity index (χ1) is 16.0. The van der Waals surface area contributed by atoms with Crippen LogP contribution in [0.15, 0.2) is 60.2 Å². The second-order valence-electron chi connectivity index (χ2n) is 7.73. The predicted molar refractivity (Wildman–Crippen MR) is 118 cm³/mol. The van der Waals surface area contributed by atoms with Crippen molar-refractivity contribution < 1.29 is 31.1 Å². The van der Waals surface area contributed by atoms with Crippen molar-refractivity contribution >= 4 is 11.3 Å². The quantitative estimate of drug-likeness (QED) is 0.324. The Bertz CT molecular complexity index is 1080. The Hall–Kier alpha value is -3.17. The van der Waals surface area contributed by atoms with Crippen molar-refractivity contribution in [3.63, 3.8) is 0 Å². The summed E-state index contributed by atoms with van der Waals surface area (Å²) in [6.07, 6.45) is -2.46. The van der Waals surface area contributed by atoms with Crippen LogP contribution in [0.2, 0.25) is 0 Å². The van der Waals surface area contributed by atoms with Gasteiger partial charge in [0.25, 0.3) is 0 Å². The van der Waals surface area contributed by atoms with Crippen LogP contribution in [-0.4, -0.2) is 22.3 Å². The van der Waals surface area contributed by atoms with Crippen LogP contribution < -0.4 is 10.1 Å². The van der Waals surface area contributed by atoms with Gasteiger partial charge in [0.1, 0.15) is 0 Å². The minimum atomic E-state index is -4.84. The Balaban J connectivity index is 1.96. The van der Waals surface area contributed by atoms with Gasteiger partial charge in [0, 0.05) is 12.1 Å². The van der Waals surface area contributed by atoms with E-state index in [1.165, 1.54) is 18.2 Å². The first kappa shape index (κ1) is 25.5. The molecule has 10 heteroatoms. The number of hydrogen-bond donors (Lipinski definition) is 1. The van der Waals surface area contributed by atoms with Crippen LogP contribution in [-0.2, 0) is 6.54 Å². The summed E-state index contributed by atoms with van der Waals surface area (Å²) in [6.45, 7) is 3.87. The largest absolute Gasteiger partial charge is 0.573 e. The number of benzene rings is 1. The average Bonchev–Trinajstić information content (AvgIpc) is 3.18. The van der Waals surface area contributed by atoms with Gasteiger partial charge in [-0.25, -0.2) is 0 Å². The topological polar surface area (TPSA) is 39.1 Å². The van der Waals surface area contributed by atoms with Crippen molar-refractivity contribution in [2.45, 2.75) is 58.2 Å². The number of rotatable bonds is 7. The molecule has 2 aromatic rings. The number of allylic oxidation sites excluding steroid dienone is 6. The zero-order valence-electron chi connectivity index (χ0n) is 18.7. The zero-order chi connectivity index (χ0) is 24.9. The summed E-state index contributed by atoms with van der Waals surface area (Å²) in [6, 6.07) is 7.00. The number of ether oxygens (including phenoxy) is 1. The predicted octanol–water partition coefficient (Wildman–Crippen LogP) is 7.59. The van der Waals surface area contributed by atoms with Crippen LogP contribution in [0, 0.1) is 0 Å². The van der Waals surface area contributed by atoms with Gasteiger partial charge < -0.3 is 10.1 Å². The third-order valence-corrected chi connectivity index (χ3v) is 5.18. The monoisotopic (exact) mass is 485 g/mol. The van der Waals surface area contributed by atoms with Gasteiger partial charge in [0.05, 0.1) is 28.7 Å². The average molecular weight is 485 g/mol. The first-order valence-corrected chi connectivity index (χ1v) is 10.8. The highest BCUT2D eigenvalue weighted by atomic mass is 19.4. The van der Waals surface area contributed by atoms with Gasteiger partial charge in [-0.05, 0) is 50.5 Å². The number of nitrogens with one attached hydrogen (secondary N) is 1. The van der Waals surface area contributed by atoms with Crippen LogP contribution in [0.1, 0.15) is 50.5 Å². The lowest BCUT2D eigenvalue weighted by Crippen LogP contribution is -2.23. The Morgan fingerprint density at radius 1 is 1.21 bits per heavy atom. The fourth-order valence-corrected chi connectivity index (χ4v) is 3.79. The highest BCUT2D eigenvalue weighted by molar-refractivity contribution is 5.74. The van der Waals surface area contributed by atoms with Gasteiger partial charge in [0.2, 0.25) is 0 Å². The second kappa shape index (κ2) is 10.4. The molecule has 184 valence electrons. The molecule has 0 radical (unpaired) electrons. The molecule has 0 aliphatic carbocycles. The van der Waals surface area contributed by atoms with Crippen LogP contribution >= 0.6 is 0 Å². The molecule has 1 aromatic carbocycles. The number of para-hydroxylation sites is 2. The number of halogens is 6. The highest BCUT2D eigenvalue weighted by Gasteiger charge is 2.34. The summed E-state index contributed by atoms with van der Waals surface area (Å²) in [5.41, 5.74) is 0.720. The number of fused-ring (bicyclic) bond motifs is 1.